The van der Waals surface area contributed by atoms with Crippen LogP contribution in [-0.4, -0.2) is 263 Å². The van der Waals surface area contributed by atoms with Gasteiger partial charge in [-0.05, 0) is 51.4 Å². The van der Waals surface area contributed by atoms with Gasteiger partial charge < -0.3 is 96.7 Å². The lowest BCUT2D eigenvalue weighted by atomic mass is 9.96. The van der Waals surface area contributed by atoms with Crippen molar-refractivity contribution in [2.24, 2.45) is 21.1 Å². The molecular formula is C57H94N14O18S2. The van der Waals surface area contributed by atoms with Crippen LogP contribution in [0.1, 0.15) is 117 Å². The van der Waals surface area contributed by atoms with Crippen molar-refractivity contribution >= 4 is 89.5 Å². The molecule has 6 heterocycles. The molecule has 0 bridgehead atoms. The quantitative estimate of drug-likeness (QED) is 0.00978. The van der Waals surface area contributed by atoms with Crippen LogP contribution in [0.5, 0.6) is 0 Å². The largest absolute Gasteiger partial charge is 0.459 e. The maximum Gasteiger partial charge on any atom is 0.315 e. The van der Waals surface area contributed by atoms with E-state index in [4.69, 9.17) is 23.7 Å². The molecule has 0 aromatic rings. The third kappa shape index (κ3) is 21.7. The number of ether oxygens (including phenoxy) is 5. The molecule has 32 nitrogen and oxygen atoms in total. The van der Waals surface area contributed by atoms with Gasteiger partial charge in [0.2, 0.25) is 35.4 Å². The number of hydrazone groups is 2. The van der Waals surface area contributed by atoms with Crippen LogP contribution in [-0.2, 0) is 52.5 Å². The van der Waals surface area contributed by atoms with Gasteiger partial charge >= 0.3 is 12.1 Å². The van der Waals surface area contributed by atoms with E-state index in [1.165, 1.54) is 0 Å². The van der Waals surface area contributed by atoms with Crippen molar-refractivity contribution < 1.29 is 87.6 Å². The van der Waals surface area contributed by atoms with Gasteiger partial charge in [-0.1, -0.05) is 25.7 Å². The van der Waals surface area contributed by atoms with Gasteiger partial charge in [-0.2, -0.15) is 33.7 Å². The zero-order valence-corrected chi connectivity index (χ0v) is 53.7. The Morgan fingerprint density at radius 3 is 1.77 bits per heavy atom. The first kappa shape index (κ1) is 72.7. The SMILES string of the molecule is CC(=O)N[C@H]1[C@H](O[C@H]2[C@H](O)[C@H]3N=C(N(C)C)O[C@H]3[C@@H]2CO)O[C@H](CO)[C@@H](O[C@@H](O[C@@H](/C=N/NC(=O)CCCCCNC(=O)CCCC[C@@H]2SC[C@@H]3NC(=O)N[C@@H]32)CO)[C@@H](/C=N/NC(=O)CCCCCNC(=O)CCCC[C@@H]2SC[C@@H]3NC(=O)N[C@@H]32)NC(C)=O)[C@H]1O. The number of aliphatic hydroxyl groups is 5. The maximum atomic E-state index is 13.0. The summed E-state index contributed by atoms with van der Waals surface area (Å²) in [5.41, 5.74) is 4.79. The first-order valence-electron chi connectivity index (χ1n) is 31.6. The molecule has 0 radical (unpaired) electrons. The fourth-order valence-corrected chi connectivity index (χ4v) is 15.2. The maximum absolute atomic E-state index is 13.0. The topological polar surface area (TPSA) is 444 Å². The number of nitrogens with one attached hydrogen (secondary N) is 10. The van der Waals surface area contributed by atoms with Gasteiger partial charge in [-0.15, -0.1) is 0 Å². The van der Waals surface area contributed by atoms with Crippen molar-refractivity contribution in [2.75, 3.05) is 58.5 Å². The molecule has 512 valence electrons. The monoisotopic (exact) mass is 1330 g/mol. The van der Waals surface area contributed by atoms with E-state index in [0.717, 1.165) is 76.3 Å². The summed E-state index contributed by atoms with van der Waals surface area (Å²) in [5, 5.41) is 87.0. The Hall–Kier alpha value is -5.69. The molecule has 34 heteroatoms. The molecule has 0 unspecified atom stereocenters. The number of carbonyl (C=O) groups excluding carboxylic acids is 8. The zero-order chi connectivity index (χ0) is 65.6. The van der Waals surface area contributed by atoms with E-state index in [-0.39, 0.29) is 66.9 Å². The molecule has 1 saturated carbocycles. The minimum atomic E-state index is -1.83. The predicted octanol–water partition coefficient (Wildman–Crippen LogP) is -2.78. The number of thioether (sulfide) groups is 2. The summed E-state index contributed by atoms with van der Waals surface area (Å²) in [6, 6.07) is -3.27. The van der Waals surface area contributed by atoms with E-state index in [9.17, 15) is 63.9 Å². The summed E-state index contributed by atoms with van der Waals surface area (Å²) >= 11 is 3.67. The van der Waals surface area contributed by atoms with Gasteiger partial charge in [0.15, 0.2) is 12.6 Å². The molecule has 1 aliphatic carbocycles. The molecule has 15 N–H and O–H groups in total. The smallest absolute Gasteiger partial charge is 0.315 e. The first-order valence-corrected chi connectivity index (χ1v) is 33.7. The van der Waals surface area contributed by atoms with Gasteiger partial charge in [-0.3, -0.25) is 28.8 Å². The predicted molar refractivity (Wildman–Crippen MR) is 333 cm³/mol. The molecule has 7 aliphatic rings. The van der Waals surface area contributed by atoms with E-state index in [0.29, 0.717) is 75.0 Å². The van der Waals surface area contributed by atoms with E-state index in [1.807, 2.05) is 23.5 Å². The second kappa shape index (κ2) is 36.7. The molecule has 0 spiro atoms. The Morgan fingerprint density at radius 1 is 0.703 bits per heavy atom. The third-order valence-electron chi connectivity index (χ3n) is 16.7. The van der Waals surface area contributed by atoms with E-state index >= 15 is 0 Å². The summed E-state index contributed by atoms with van der Waals surface area (Å²) in [5.74, 6) is -1.54. The number of unbranched alkanes of at least 4 members (excludes halogenated alkanes) is 6. The molecular weight excluding hydrogens is 1230 g/mol. The molecule has 6 fully saturated rings. The van der Waals surface area contributed by atoms with Gasteiger partial charge in [0.1, 0.15) is 54.7 Å². The fourth-order valence-electron chi connectivity index (χ4n) is 12.1. The van der Waals surface area contributed by atoms with E-state index in [1.54, 1.807) is 19.0 Å². The lowest BCUT2D eigenvalue weighted by Crippen LogP contribution is -2.67. The van der Waals surface area contributed by atoms with Crippen molar-refractivity contribution in [1.82, 2.24) is 58.3 Å². The van der Waals surface area contributed by atoms with Crippen LogP contribution >= 0.6 is 23.5 Å². The molecule has 5 saturated heterocycles. The normalized spacial score (nSPS) is 30.6. The van der Waals surface area contributed by atoms with E-state index < -0.39 is 123 Å². The minimum absolute atomic E-state index is 0.0362. The number of nitrogens with zero attached hydrogens (tertiary/aromatic N) is 4. The van der Waals surface area contributed by atoms with Crippen LogP contribution in [0.4, 0.5) is 9.59 Å². The number of carbonyl (C=O) groups is 8. The number of hydrogen-bond acceptors (Lipinski definition) is 24. The number of aliphatic hydroxyl groups excluding tert-OH is 5. The van der Waals surface area contributed by atoms with Crippen LogP contribution in [0.15, 0.2) is 15.2 Å². The number of fused-ring (bicyclic) bond motifs is 3. The number of rotatable bonds is 38. The molecule has 10 amide bonds. The third-order valence-corrected chi connectivity index (χ3v) is 19.8. The highest BCUT2D eigenvalue weighted by Crippen LogP contribution is 2.40. The summed E-state index contributed by atoms with van der Waals surface area (Å²) in [7, 11) is 3.39. The Kier molecular flexibility index (Phi) is 29.3. The van der Waals surface area contributed by atoms with E-state index in [2.05, 4.69) is 68.6 Å². The van der Waals surface area contributed by atoms with Crippen molar-refractivity contribution in [3.63, 3.8) is 0 Å². The zero-order valence-electron chi connectivity index (χ0n) is 52.0. The Bertz CT molecular complexity index is 2530. The second-order valence-corrected chi connectivity index (χ2v) is 26.5. The van der Waals surface area contributed by atoms with Gasteiger partial charge in [0, 0.05) is 88.7 Å². The summed E-state index contributed by atoms with van der Waals surface area (Å²) in [6.45, 7) is 0.998. The molecule has 7 rings (SSSR count). The fraction of sp³-hybridized carbons (Fsp3) is 0.807. The molecule has 19 atom stereocenters. The van der Waals surface area contributed by atoms with Crippen molar-refractivity contribution in [1.29, 1.82) is 0 Å². The molecule has 6 aliphatic heterocycles. The Labute approximate surface area is 537 Å². The Morgan fingerprint density at radius 2 is 1.25 bits per heavy atom. The van der Waals surface area contributed by atoms with Crippen LogP contribution in [0.25, 0.3) is 0 Å². The highest BCUT2D eigenvalue weighted by molar-refractivity contribution is 8.00. The Balaban J connectivity index is 0.911. The number of aliphatic imine (C=N–C) groups is 1. The first-order chi connectivity index (χ1) is 43.8. The van der Waals surface area contributed by atoms with Gasteiger partial charge in [0.05, 0.1) is 68.4 Å². The molecule has 91 heavy (non-hydrogen) atoms. The highest BCUT2D eigenvalue weighted by atomic mass is 32.2. The molecule has 0 aromatic carbocycles. The standard InChI is InChI=1S/C57H94N14O18S2/c1-30(75)62-34(24-61-70-43(80)20-8-6-14-22-59-41(78)18-12-10-16-39-45-36(29-91-39)65-56(84)67-45)53(85-32(25-72)23-60-69-42(79)19-7-5-13-21-58-40(77)17-11-9-15-38-44-35(28-90-38)64-55(83)66-44)88-52-37(27-74)86-54(47(49(52)82)63-31(2)76)87-51-33(26-73)50-46(48(51)81)68-57(89-50)71(3)4/h23-24,32-39,44-54,72-74,81-82H,5-22,25-29H2,1-4H3,(H,58,77)(H,59,78)(H,62,75)(H,63,76)(H,69,79)(H,70,80)(H2,64,66,83)(H2,65,67,84)/b60-23+,61-24+/t32-,33-,34+,35-,36-,37+,38-,39-,44-,45-,46+,47+,48+,49-,50-,51+,52+,53+,54-/m0/s1. The average molecular weight is 1330 g/mol. The van der Waals surface area contributed by atoms with Crippen molar-refractivity contribution in [2.45, 2.75) is 225 Å². The summed E-state index contributed by atoms with van der Waals surface area (Å²) < 4.78 is 30.9. The lowest BCUT2D eigenvalue weighted by molar-refractivity contribution is -0.319. The van der Waals surface area contributed by atoms with Crippen LogP contribution in [0.3, 0.4) is 0 Å². The van der Waals surface area contributed by atoms with Crippen LogP contribution in [0, 0.1) is 5.92 Å². The van der Waals surface area contributed by atoms with Gasteiger partial charge in [-0.25, -0.2) is 25.4 Å². The lowest BCUT2D eigenvalue weighted by Gasteiger charge is -2.46. The van der Waals surface area contributed by atoms with Crippen molar-refractivity contribution in [3.8, 4) is 0 Å². The number of amides is 10. The second-order valence-electron chi connectivity index (χ2n) is 24.0. The number of urea groups is 2. The number of hydrogen-bond donors (Lipinski definition) is 15. The average Bonchev–Trinajstić information content (AvgIpc) is 1.70. The van der Waals surface area contributed by atoms with Crippen molar-refractivity contribution in [3.05, 3.63) is 0 Å². The van der Waals surface area contributed by atoms with Crippen LogP contribution < -0.4 is 53.4 Å². The van der Waals surface area contributed by atoms with Crippen LogP contribution in [0.2, 0.25) is 0 Å². The highest BCUT2D eigenvalue weighted by Gasteiger charge is 2.58. The summed E-state index contributed by atoms with van der Waals surface area (Å²) in [4.78, 5) is 106. The number of amidine groups is 1. The summed E-state index contributed by atoms with van der Waals surface area (Å²) in [6.07, 6.45) is -1.83. The minimum Gasteiger partial charge on any atom is -0.459 e. The van der Waals surface area contributed by atoms with Gasteiger partial charge in [0.25, 0.3) is 6.02 Å². The molecule has 0 aromatic heterocycles.